The van der Waals surface area contributed by atoms with Crippen LogP contribution in [-0.2, 0) is 9.47 Å². The molecule has 4 saturated carbocycles. The normalized spacial score (nSPS) is 46.3. The summed E-state index contributed by atoms with van der Waals surface area (Å²) in [6.45, 7) is 1.44. The number of aliphatic hydroxyl groups is 4. The zero-order chi connectivity index (χ0) is 20.4. The first-order valence-corrected chi connectivity index (χ1v) is 11.9. The summed E-state index contributed by atoms with van der Waals surface area (Å²) in [7, 11) is 0. The lowest BCUT2D eigenvalue weighted by molar-refractivity contribution is -0.230. The average molecular weight is 413 g/mol. The Morgan fingerprint density at radius 3 is 1.97 bits per heavy atom. The van der Waals surface area contributed by atoms with Crippen molar-refractivity contribution in [2.24, 2.45) is 23.2 Å². The molecule has 0 unspecified atom stereocenters. The van der Waals surface area contributed by atoms with E-state index in [0.29, 0.717) is 11.8 Å². The topological polar surface area (TPSA) is 99.4 Å². The quantitative estimate of drug-likeness (QED) is 0.410. The van der Waals surface area contributed by atoms with E-state index in [4.69, 9.17) is 9.47 Å². The first-order valence-electron chi connectivity index (χ1n) is 11.9. The SMILES string of the molecule is OC[C@H]1O[C@@H](CCCCCCOCC23CC4CC(CC(C4)C2)C3)[C@H](O)[C@@H](O)[C@@H]1O. The van der Waals surface area contributed by atoms with Crippen LogP contribution in [0.5, 0.6) is 0 Å². The van der Waals surface area contributed by atoms with E-state index in [0.717, 1.165) is 56.7 Å². The van der Waals surface area contributed by atoms with E-state index in [-0.39, 0.29) is 6.61 Å². The van der Waals surface area contributed by atoms with Crippen molar-refractivity contribution in [1.29, 1.82) is 0 Å². The zero-order valence-corrected chi connectivity index (χ0v) is 17.6. The number of aliphatic hydroxyl groups excluding tert-OH is 4. The van der Waals surface area contributed by atoms with Crippen LogP contribution in [0.15, 0.2) is 0 Å². The van der Waals surface area contributed by atoms with Gasteiger partial charge in [-0.15, -0.1) is 0 Å². The first-order chi connectivity index (χ1) is 14.0. The van der Waals surface area contributed by atoms with Gasteiger partial charge >= 0.3 is 0 Å². The maximum atomic E-state index is 10.1. The van der Waals surface area contributed by atoms with Gasteiger partial charge in [-0.05, 0) is 74.5 Å². The molecule has 0 aromatic carbocycles. The van der Waals surface area contributed by atoms with Crippen LogP contribution in [0.4, 0.5) is 0 Å². The molecule has 0 radical (unpaired) electrons. The van der Waals surface area contributed by atoms with Gasteiger partial charge in [0, 0.05) is 6.61 Å². The predicted molar refractivity (Wildman–Crippen MR) is 108 cm³/mol. The van der Waals surface area contributed by atoms with Crippen molar-refractivity contribution >= 4 is 0 Å². The monoisotopic (exact) mass is 412 g/mol. The standard InChI is InChI=1S/C23H40O6/c24-13-19-21(26)22(27)20(25)18(29-19)5-3-1-2-4-6-28-14-23-10-15-7-16(11-23)9-17(8-15)12-23/h15-22,24-27H,1-14H2/t15?,16?,17?,18-,19+,20-,21+,22+,23?/m0/s1. The Bertz CT molecular complexity index is 488. The van der Waals surface area contributed by atoms with Crippen molar-refractivity contribution in [3.8, 4) is 0 Å². The van der Waals surface area contributed by atoms with Gasteiger partial charge in [-0.3, -0.25) is 0 Å². The summed E-state index contributed by atoms with van der Waals surface area (Å²) in [6, 6.07) is 0. The molecule has 5 rings (SSSR count). The van der Waals surface area contributed by atoms with Crippen molar-refractivity contribution in [2.75, 3.05) is 19.8 Å². The van der Waals surface area contributed by atoms with Gasteiger partial charge in [0.25, 0.3) is 0 Å². The summed E-state index contributed by atoms with van der Waals surface area (Å²) in [5.41, 5.74) is 0.498. The van der Waals surface area contributed by atoms with Gasteiger partial charge in [-0.2, -0.15) is 0 Å². The molecule has 5 atom stereocenters. The van der Waals surface area contributed by atoms with Gasteiger partial charge in [0.15, 0.2) is 0 Å². The van der Waals surface area contributed by atoms with Crippen LogP contribution < -0.4 is 0 Å². The maximum Gasteiger partial charge on any atom is 0.111 e. The van der Waals surface area contributed by atoms with E-state index >= 15 is 0 Å². The molecule has 29 heavy (non-hydrogen) atoms. The molecule has 4 N–H and O–H groups in total. The summed E-state index contributed by atoms with van der Waals surface area (Å²) in [5, 5.41) is 39.0. The Morgan fingerprint density at radius 2 is 1.34 bits per heavy atom. The minimum absolute atomic E-state index is 0.359. The maximum absolute atomic E-state index is 10.1. The Labute approximate surface area is 174 Å². The van der Waals surface area contributed by atoms with Crippen LogP contribution in [0.25, 0.3) is 0 Å². The zero-order valence-electron chi connectivity index (χ0n) is 17.6. The van der Waals surface area contributed by atoms with Crippen molar-refractivity contribution in [1.82, 2.24) is 0 Å². The van der Waals surface area contributed by atoms with E-state index < -0.39 is 30.5 Å². The van der Waals surface area contributed by atoms with Crippen LogP contribution in [0, 0.1) is 23.2 Å². The van der Waals surface area contributed by atoms with Crippen molar-refractivity contribution < 1.29 is 29.9 Å². The number of hydrogen-bond donors (Lipinski definition) is 4. The molecule has 1 aliphatic heterocycles. The van der Waals surface area contributed by atoms with E-state index in [1.807, 2.05) is 0 Å². The highest BCUT2D eigenvalue weighted by Gasteiger charge is 2.50. The van der Waals surface area contributed by atoms with Gasteiger partial charge in [0.2, 0.25) is 0 Å². The van der Waals surface area contributed by atoms with E-state index in [1.54, 1.807) is 0 Å². The second-order valence-electron chi connectivity index (χ2n) is 10.5. The van der Waals surface area contributed by atoms with Crippen LogP contribution in [-0.4, -0.2) is 70.8 Å². The molecule has 5 aliphatic rings. The Kier molecular flexibility index (Phi) is 7.19. The van der Waals surface area contributed by atoms with Crippen molar-refractivity contribution in [3.63, 3.8) is 0 Å². The summed E-state index contributed by atoms with van der Waals surface area (Å²) < 4.78 is 11.7. The summed E-state index contributed by atoms with van der Waals surface area (Å²) in [6.07, 6.45) is 8.36. The first kappa shape index (κ1) is 22.0. The number of ether oxygens (including phenoxy) is 2. The predicted octanol–water partition coefficient (Wildman–Crippen LogP) is 2.01. The fourth-order valence-corrected chi connectivity index (χ4v) is 7.08. The Morgan fingerprint density at radius 1 is 0.759 bits per heavy atom. The van der Waals surface area contributed by atoms with E-state index in [2.05, 4.69) is 0 Å². The molecule has 1 saturated heterocycles. The minimum Gasteiger partial charge on any atom is -0.394 e. The molecule has 168 valence electrons. The molecular weight excluding hydrogens is 372 g/mol. The van der Waals surface area contributed by atoms with Crippen LogP contribution in [0.3, 0.4) is 0 Å². The minimum atomic E-state index is -1.26. The number of rotatable bonds is 10. The second kappa shape index (κ2) is 9.49. The fraction of sp³-hybridized carbons (Fsp3) is 1.00. The summed E-state index contributed by atoms with van der Waals surface area (Å²) in [5.74, 6) is 2.94. The molecule has 6 heteroatoms. The lowest BCUT2D eigenvalue weighted by Crippen LogP contribution is -2.58. The average Bonchev–Trinajstić information content (AvgIpc) is 2.68. The van der Waals surface area contributed by atoms with Crippen LogP contribution in [0.1, 0.15) is 70.6 Å². The molecular formula is C23H40O6. The Balaban J connectivity index is 1.07. The molecule has 1 heterocycles. The third kappa shape index (κ3) is 4.99. The summed E-state index contributed by atoms with van der Waals surface area (Å²) in [4.78, 5) is 0. The highest BCUT2D eigenvalue weighted by atomic mass is 16.5. The number of unbranched alkanes of at least 4 members (excludes halogenated alkanes) is 3. The van der Waals surface area contributed by atoms with Crippen molar-refractivity contribution in [2.45, 2.75) is 101 Å². The van der Waals surface area contributed by atoms with E-state index in [1.165, 1.54) is 38.5 Å². The Hall–Kier alpha value is -0.240. The lowest BCUT2D eigenvalue weighted by atomic mass is 9.50. The molecule has 4 aliphatic carbocycles. The molecule has 6 nitrogen and oxygen atoms in total. The van der Waals surface area contributed by atoms with Gasteiger partial charge < -0.3 is 29.9 Å². The molecule has 5 fully saturated rings. The lowest BCUT2D eigenvalue weighted by Gasteiger charge is -2.56. The highest BCUT2D eigenvalue weighted by molar-refractivity contribution is 5.01. The smallest absolute Gasteiger partial charge is 0.111 e. The molecule has 4 bridgehead atoms. The molecule has 0 spiro atoms. The van der Waals surface area contributed by atoms with Gasteiger partial charge in [-0.25, -0.2) is 0 Å². The van der Waals surface area contributed by atoms with E-state index in [9.17, 15) is 20.4 Å². The fourth-order valence-electron chi connectivity index (χ4n) is 7.08. The van der Waals surface area contributed by atoms with Crippen LogP contribution >= 0.6 is 0 Å². The molecule has 0 aromatic heterocycles. The second-order valence-corrected chi connectivity index (χ2v) is 10.5. The third-order valence-corrected chi connectivity index (χ3v) is 8.09. The van der Waals surface area contributed by atoms with Crippen molar-refractivity contribution in [3.05, 3.63) is 0 Å². The van der Waals surface area contributed by atoms with Gasteiger partial charge in [0.1, 0.15) is 24.4 Å². The van der Waals surface area contributed by atoms with Crippen LogP contribution in [0.2, 0.25) is 0 Å². The molecule has 0 amide bonds. The molecule has 0 aromatic rings. The third-order valence-electron chi connectivity index (χ3n) is 8.09. The number of hydrogen-bond acceptors (Lipinski definition) is 6. The van der Waals surface area contributed by atoms with Gasteiger partial charge in [-0.1, -0.05) is 19.3 Å². The highest BCUT2D eigenvalue weighted by Crippen LogP contribution is 2.60. The summed E-state index contributed by atoms with van der Waals surface area (Å²) >= 11 is 0. The van der Waals surface area contributed by atoms with Gasteiger partial charge in [0.05, 0.1) is 19.3 Å². The largest absolute Gasteiger partial charge is 0.394 e.